The standard InChI is InChI=1S/C17H15N5OS.C2H6/c1-22-6-5-16(21-22)20-17-19-14-4-3-11(8-15(14)24-17)12-7-13(23-2)10-18-9-12;1-2/h3-10H,1-2H3,(H,19,20,21);1-2H3. The lowest BCUT2D eigenvalue weighted by Crippen LogP contribution is -1.92. The first kappa shape index (κ1) is 17.9. The molecule has 4 aromatic rings. The second-order valence-corrected chi connectivity index (χ2v) is 6.35. The Labute approximate surface area is 156 Å². The number of fused-ring (bicyclic) bond motifs is 1. The van der Waals surface area contributed by atoms with Gasteiger partial charge in [-0.25, -0.2) is 4.98 Å². The van der Waals surface area contributed by atoms with Crippen molar-refractivity contribution in [3.63, 3.8) is 0 Å². The number of benzene rings is 1. The summed E-state index contributed by atoms with van der Waals surface area (Å²) in [5.74, 6) is 1.53. The molecule has 0 saturated heterocycles. The Balaban J connectivity index is 0.000000948. The zero-order chi connectivity index (χ0) is 18.5. The molecule has 134 valence electrons. The van der Waals surface area contributed by atoms with Crippen LogP contribution in [0.15, 0.2) is 48.9 Å². The van der Waals surface area contributed by atoms with Crippen molar-refractivity contribution in [2.45, 2.75) is 13.8 Å². The number of hydrogen-bond acceptors (Lipinski definition) is 6. The van der Waals surface area contributed by atoms with Gasteiger partial charge in [-0.15, -0.1) is 0 Å². The van der Waals surface area contributed by atoms with E-state index >= 15 is 0 Å². The van der Waals surface area contributed by atoms with E-state index in [0.29, 0.717) is 0 Å². The van der Waals surface area contributed by atoms with Crippen molar-refractivity contribution < 1.29 is 4.74 Å². The zero-order valence-electron chi connectivity index (χ0n) is 15.2. The highest BCUT2D eigenvalue weighted by Gasteiger charge is 2.08. The number of anilines is 2. The van der Waals surface area contributed by atoms with E-state index in [1.54, 1.807) is 29.3 Å². The molecule has 4 rings (SSSR count). The molecule has 0 bridgehead atoms. The van der Waals surface area contributed by atoms with Crippen molar-refractivity contribution in [2.24, 2.45) is 7.05 Å². The van der Waals surface area contributed by atoms with Crippen LogP contribution >= 0.6 is 11.3 Å². The van der Waals surface area contributed by atoms with Gasteiger partial charge in [0, 0.05) is 31.1 Å². The van der Waals surface area contributed by atoms with Crippen molar-refractivity contribution in [1.82, 2.24) is 19.7 Å². The maximum Gasteiger partial charge on any atom is 0.189 e. The Morgan fingerprint density at radius 3 is 2.65 bits per heavy atom. The molecule has 0 fully saturated rings. The quantitative estimate of drug-likeness (QED) is 0.557. The number of nitrogens with one attached hydrogen (secondary N) is 1. The fourth-order valence-corrected chi connectivity index (χ4v) is 3.35. The van der Waals surface area contributed by atoms with Crippen molar-refractivity contribution in [1.29, 1.82) is 0 Å². The van der Waals surface area contributed by atoms with Crippen LogP contribution in [0.1, 0.15) is 13.8 Å². The molecule has 3 aromatic heterocycles. The Morgan fingerprint density at radius 1 is 1.08 bits per heavy atom. The van der Waals surface area contributed by atoms with E-state index in [-0.39, 0.29) is 0 Å². The molecule has 0 unspecified atom stereocenters. The van der Waals surface area contributed by atoms with E-state index in [2.05, 4.69) is 26.4 Å². The number of hydrogen-bond donors (Lipinski definition) is 1. The molecular formula is C19H21N5OS. The third kappa shape index (κ3) is 3.83. The summed E-state index contributed by atoms with van der Waals surface area (Å²) in [4.78, 5) is 8.82. The molecule has 6 nitrogen and oxygen atoms in total. The molecular weight excluding hydrogens is 346 g/mol. The summed E-state index contributed by atoms with van der Waals surface area (Å²) in [5, 5.41) is 8.37. The van der Waals surface area contributed by atoms with E-state index in [1.165, 1.54) is 0 Å². The fraction of sp³-hybridized carbons (Fsp3) is 0.211. The number of aromatic nitrogens is 4. The van der Waals surface area contributed by atoms with Crippen LogP contribution in [0.4, 0.5) is 10.9 Å². The molecule has 1 aromatic carbocycles. The highest BCUT2D eigenvalue weighted by Crippen LogP contribution is 2.32. The number of nitrogens with zero attached hydrogens (tertiary/aromatic N) is 4. The largest absolute Gasteiger partial charge is 0.495 e. The Kier molecular flexibility index (Phi) is 5.48. The van der Waals surface area contributed by atoms with Crippen LogP contribution in [0, 0.1) is 0 Å². The lowest BCUT2D eigenvalue weighted by molar-refractivity contribution is 0.413. The Hall–Kier alpha value is -2.93. The van der Waals surface area contributed by atoms with Crippen molar-refractivity contribution in [3.05, 3.63) is 48.9 Å². The Morgan fingerprint density at radius 2 is 1.92 bits per heavy atom. The van der Waals surface area contributed by atoms with Crippen LogP contribution in [0.3, 0.4) is 0 Å². The van der Waals surface area contributed by atoms with Crippen molar-refractivity contribution >= 4 is 32.5 Å². The summed E-state index contributed by atoms with van der Waals surface area (Å²) in [7, 11) is 3.53. The van der Waals surface area contributed by atoms with Crippen LogP contribution in [-0.2, 0) is 7.05 Å². The first-order valence-corrected chi connectivity index (χ1v) is 9.19. The lowest BCUT2D eigenvalue weighted by atomic mass is 10.1. The predicted octanol–water partition coefficient (Wildman–Crippen LogP) is 4.87. The van der Waals surface area contributed by atoms with Crippen molar-refractivity contribution in [2.75, 3.05) is 12.4 Å². The zero-order valence-corrected chi connectivity index (χ0v) is 16.0. The topological polar surface area (TPSA) is 64.9 Å². The van der Waals surface area contributed by atoms with Crippen LogP contribution < -0.4 is 10.1 Å². The summed E-state index contributed by atoms with van der Waals surface area (Å²) in [6, 6.07) is 10.1. The minimum atomic E-state index is 0.745. The molecule has 0 aliphatic heterocycles. The average Bonchev–Trinajstić information content (AvgIpc) is 3.28. The van der Waals surface area contributed by atoms with Crippen molar-refractivity contribution in [3.8, 4) is 16.9 Å². The monoisotopic (exact) mass is 367 g/mol. The van der Waals surface area contributed by atoms with E-state index in [1.807, 2.05) is 57.6 Å². The first-order valence-electron chi connectivity index (χ1n) is 8.38. The normalized spacial score (nSPS) is 10.3. The molecule has 26 heavy (non-hydrogen) atoms. The lowest BCUT2D eigenvalue weighted by Gasteiger charge is -2.03. The van der Waals surface area contributed by atoms with Gasteiger partial charge in [-0.1, -0.05) is 31.3 Å². The number of aryl methyl sites for hydroxylation is 1. The summed E-state index contributed by atoms with van der Waals surface area (Å²) in [6.45, 7) is 4.00. The summed E-state index contributed by atoms with van der Waals surface area (Å²) in [5.41, 5.74) is 3.06. The van der Waals surface area contributed by atoms with Crippen LogP contribution in [0.2, 0.25) is 0 Å². The van der Waals surface area contributed by atoms with E-state index in [9.17, 15) is 0 Å². The molecule has 0 atom stereocenters. The summed E-state index contributed by atoms with van der Waals surface area (Å²) < 4.78 is 8.10. The molecule has 0 spiro atoms. The highest BCUT2D eigenvalue weighted by molar-refractivity contribution is 7.22. The van der Waals surface area contributed by atoms with Gasteiger partial charge in [-0.3, -0.25) is 9.67 Å². The Bertz CT molecular complexity index is 1010. The van der Waals surface area contributed by atoms with Gasteiger partial charge in [0.05, 0.1) is 23.5 Å². The predicted molar refractivity (Wildman–Crippen MR) is 107 cm³/mol. The molecule has 0 saturated carbocycles. The molecule has 0 aliphatic rings. The van der Waals surface area contributed by atoms with Gasteiger partial charge in [0.15, 0.2) is 10.9 Å². The molecule has 3 heterocycles. The van der Waals surface area contributed by atoms with Gasteiger partial charge in [0.25, 0.3) is 0 Å². The van der Waals surface area contributed by atoms with E-state index in [0.717, 1.165) is 38.0 Å². The minimum absolute atomic E-state index is 0.745. The van der Waals surface area contributed by atoms with Gasteiger partial charge in [0.2, 0.25) is 0 Å². The second-order valence-electron chi connectivity index (χ2n) is 5.31. The van der Waals surface area contributed by atoms with Gasteiger partial charge in [-0.2, -0.15) is 5.10 Å². The second kappa shape index (κ2) is 7.97. The molecule has 0 aliphatic carbocycles. The van der Waals surface area contributed by atoms with Gasteiger partial charge >= 0.3 is 0 Å². The third-order valence-corrected chi connectivity index (χ3v) is 4.55. The van der Waals surface area contributed by atoms with Gasteiger partial charge in [0.1, 0.15) is 5.75 Å². The molecule has 0 amide bonds. The van der Waals surface area contributed by atoms with E-state index < -0.39 is 0 Å². The van der Waals surface area contributed by atoms with Crippen LogP contribution in [0.25, 0.3) is 21.3 Å². The number of rotatable bonds is 4. The van der Waals surface area contributed by atoms with Gasteiger partial charge in [-0.05, 0) is 23.8 Å². The molecule has 1 N–H and O–H groups in total. The van der Waals surface area contributed by atoms with Crippen LogP contribution in [-0.4, -0.2) is 26.9 Å². The summed E-state index contributed by atoms with van der Waals surface area (Å²) in [6.07, 6.45) is 5.42. The van der Waals surface area contributed by atoms with Gasteiger partial charge < -0.3 is 10.1 Å². The number of ether oxygens (including phenoxy) is 1. The SMILES string of the molecule is CC.COc1cncc(-c2ccc3nc(Nc4ccn(C)n4)sc3c2)c1. The first-order chi connectivity index (χ1) is 12.7. The summed E-state index contributed by atoms with van der Waals surface area (Å²) >= 11 is 1.60. The number of methoxy groups -OCH3 is 1. The third-order valence-electron chi connectivity index (χ3n) is 3.62. The molecule has 7 heteroatoms. The van der Waals surface area contributed by atoms with Crippen LogP contribution in [0.5, 0.6) is 5.75 Å². The maximum absolute atomic E-state index is 5.25. The maximum atomic E-state index is 5.25. The molecule has 0 radical (unpaired) electrons. The van der Waals surface area contributed by atoms with E-state index in [4.69, 9.17) is 4.74 Å². The smallest absolute Gasteiger partial charge is 0.189 e. The average molecular weight is 367 g/mol. The number of thiazole rings is 1. The number of pyridine rings is 1. The fourth-order valence-electron chi connectivity index (χ4n) is 2.44. The highest BCUT2D eigenvalue weighted by atomic mass is 32.1. The minimum Gasteiger partial charge on any atom is -0.495 e.